The average Bonchev–Trinajstić information content (AvgIpc) is 2.94. The van der Waals surface area contributed by atoms with E-state index in [1.165, 1.54) is 16.6 Å². The Morgan fingerprint density at radius 3 is 2.60 bits per heavy atom. The minimum Gasteiger partial charge on any atom is -0.270 e. The molecule has 1 N–H and O–H groups in total. The number of rotatable bonds is 4. The molecule has 0 radical (unpaired) electrons. The van der Waals surface area contributed by atoms with Gasteiger partial charge in [0.1, 0.15) is 5.69 Å². The van der Waals surface area contributed by atoms with Crippen LogP contribution in [-0.2, 0) is 10.0 Å². The highest BCUT2D eigenvalue weighted by molar-refractivity contribution is 7.92. The number of hydrogen-bond acceptors (Lipinski definition) is 7. The summed E-state index contributed by atoms with van der Waals surface area (Å²) < 4.78 is 28.7. The Bertz CT molecular complexity index is 1110. The van der Waals surface area contributed by atoms with E-state index in [-0.39, 0.29) is 17.2 Å². The van der Waals surface area contributed by atoms with Crippen molar-refractivity contribution >= 4 is 27.2 Å². The third kappa shape index (κ3) is 3.01. The first-order chi connectivity index (χ1) is 11.7. The number of aryl methyl sites for hydroxylation is 3. The minimum absolute atomic E-state index is 0.118. The Morgan fingerprint density at radius 1 is 1.20 bits per heavy atom. The molecule has 3 aromatic rings. The molecule has 0 saturated heterocycles. The molecule has 0 aliphatic carbocycles. The lowest BCUT2D eigenvalue weighted by Gasteiger charge is -2.08. The fourth-order valence-corrected chi connectivity index (χ4v) is 3.40. The van der Waals surface area contributed by atoms with Gasteiger partial charge < -0.3 is 0 Å². The lowest BCUT2D eigenvalue weighted by molar-refractivity contribution is -0.383. The summed E-state index contributed by atoms with van der Waals surface area (Å²) in [5.41, 5.74) is 1.28. The smallest absolute Gasteiger partial charge is 0.270 e. The summed E-state index contributed by atoms with van der Waals surface area (Å²) in [4.78, 5) is 18.5. The zero-order valence-corrected chi connectivity index (χ0v) is 14.4. The number of nitro groups is 1. The molecule has 3 rings (SSSR count). The van der Waals surface area contributed by atoms with Crippen molar-refractivity contribution in [1.29, 1.82) is 0 Å². The van der Waals surface area contributed by atoms with Crippen LogP contribution in [0.4, 0.5) is 11.4 Å². The quantitative estimate of drug-likeness (QED) is 0.552. The zero-order valence-electron chi connectivity index (χ0n) is 13.6. The molecule has 0 spiro atoms. The van der Waals surface area contributed by atoms with Crippen LogP contribution in [0.25, 0.3) is 5.78 Å². The van der Waals surface area contributed by atoms with Crippen LogP contribution in [0.3, 0.4) is 0 Å². The number of fused-ring (bicyclic) bond motifs is 1. The number of aromatic nitrogens is 4. The van der Waals surface area contributed by atoms with E-state index in [1.54, 1.807) is 32.9 Å². The summed E-state index contributed by atoms with van der Waals surface area (Å²) in [7, 11) is -4.22. The molecule has 25 heavy (non-hydrogen) atoms. The van der Waals surface area contributed by atoms with E-state index in [1.807, 2.05) is 0 Å². The van der Waals surface area contributed by atoms with Crippen molar-refractivity contribution in [1.82, 2.24) is 19.6 Å². The molecule has 0 saturated carbocycles. The normalized spacial score (nSPS) is 11.6. The summed E-state index contributed by atoms with van der Waals surface area (Å²) in [6, 6.07) is 6.00. The molecule has 0 amide bonds. The molecular formula is C14H14N6O4S. The third-order valence-corrected chi connectivity index (χ3v) is 4.65. The van der Waals surface area contributed by atoms with Crippen molar-refractivity contribution < 1.29 is 13.3 Å². The fourth-order valence-electron chi connectivity index (χ4n) is 2.38. The lowest BCUT2D eigenvalue weighted by Crippen LogP contribution is -2.16. The maximum atomic E-state index is 12.6. The first-order valence-electron chi connectivity index (χ1n) is 7.17. The largest absolute Gasteiger partial charge is 0.299 e. The highest BCUT2D eigenvalue weighted by Crippen LogP contribution is 2.29. The van der Waals surface area contributed by atoms with Gasteiger partial charge in [0.2, 0.25) is 0 Å². The second-order valence-electron chi connectivity index (χ2n) is 5.48. The zero-order chi connectivity index (χ0) is 18.4. The highest BCUT2D eigenvalue weighted by Gasteiger charge is 2.26. The summed E-state index contributed by atoms with van der Waals surface area (Å²) in [6.07, 6.45) is 0. The minimum atomic E-state index is -4.22. The number of anilines is 1. The van der Waals surface area contributed by atoms with Crippen LogP contribution in [0, 0.1) is 30.9 Å². The Hall–Kier alpha value is -3.08. The summed E-state index contributed by atoms with van der Waals surface area (Å²) >= 11 is 0. The number of hydrogen-bond donors (Lipinski definition) is 1. The molecule has 10 nitrogen and oxygen atoms in total. The standard InChI is InChI=1S/C14H14N6O4S/c1-8-5-4-6-11(20(21)22)12(8)18-25(23,24)14-16-13-15-9(2)7-10(3)19(13)17-14/h4-7,18H,1-3H3. The van der Waals surface area contributed by atoms with Gasteiger partial charge in [-0.25, -0.2) is 9.50 Å². The van der Waals surface area contributed by atoms with Gasteiger partial charge in [0, 0.05) is 17.5 Å². The van der Waals surface area contributed by atoms with Gasteiger partial charge >= 0.3 is 0 Å². The monoisotopic (exact) mass is 362 g/mol. The van der Waals surface area contributed by atoms with Crippen LogP contribution >= 0.6 is 0 Å². The number of para-hydroxylation sites is 1. The second kappa shape index (κ2) is 5.77. The molecule has 2 aromatic heterocycles. The van der Waals surface area contributed by atoms with Gasteiger partial charge in [-0.2, -0.15) is 13.4 Å². The summed E-state index contributed by atoms with van der Waals surface area (Å²) in [5, 5.41) is 14.6. The van der Waals surface area contributed by atoms with Crippen LogP contribution in [0.5, 0.6) is 0 Å². The van der Waals surface area contributed by atoms with E-state index in [4.69, 9.17) is 0 Å². The Balaban J connectivity index is 2.10. The number of nitrogens with one attached hydrogen (secondary N) is 1. The van der Waals surface area contributed by atoms with Crippen molar-refractivity contribution in [2.75, 3.05) is 4.72 Å². The first-order valence-corrected chi connectivity index (χ1v) is 8.65. The Labute approximate surface area is 142 Å². The van der Waals surface area contributed by atoms with E-state index in [0.29, 0.717) is 17.0 Å². The summed E-state index contributed by atoms with van der Waals surface area (Å²) in [5.74, 6) is 0.136. The van der Waals surface area contributed by atoms with E-state index in [2.05, 4.69) is 19.8 Å². The van der Waals surface area contributed by atoms with Crippen molar-refractivity contribution in [3.8, 4) is 0 Å². The van der Waals surface area contributed by atoms with E-state index in [9.17, 15) is 18.5 Å². The van der Waals surface area contributed by atoms with E-state index < -0.39 is 20.1 Å². The van der Waals surface area contributed by atoms with Gasteiger partial charge in [0.05, 0.1) is 4.92 Å². The lowest BCUT2D eigenvalue weighted by atomic mass is 10.2. The number of sulfonamides is 1. The van der Waals surface area contributed by atoms with Gasteiger partial charge in [-0.3, -0.25) is 14.8 Å². The highest BCUT2D eigenvalue weighted by atomic mass is 32.2. The molecular weight excluding hydrogens is 348 g/mol. The second-order valence-corrected chi connectivity index (χ2v) is 7.05. The molecule has 0 fully saturated rings. The molecule has 0 aliphatic heterocycles. The number of benzene rings is 1. The van der Waals surface area contributed by atoms with Gasteiger partial charge in [0.15, 0.2) is 0 Å². The fraction of sp³-hybridized carbons (Fsp3) is 0.214. The Kier molecular flexibility index (Phi) is 3.87. The number of nitrogens with zero attached hydrogens (tertiary/aromatic N) is 5. The molecule has 130 valence electrons. The number of nitro benzene ring substituents is 1. The van der Waals surface area contributed by atoms with Crippen LogP contribution in [-0.4, -0.2) is 32.9 Å². The van der Waals surface area contributed by atoms with Crippen molar-refractivity contribution in [3.63, 3.8) is 0 Å². The van der Waals surface area contributed by atoms with Crippen LogP contribution < -0.4 is 4.72 Å². The molecule has 2 heterocycles. The van der Waals surface area contributed by atoms with Crippen LogP contribution in [0.1, 0.15) is 17.0 Å². The predicted octanol–water partition coefficient (Wildman–Crippen LogP) is 1.76. The maximum Gasteiger partial charge on any atom is 0.299 e. The molecule has 0 aliphatic rings. The predicted molar refractivity (Wildman–Crippen MR) is 88.9 cm³/mol. The van der Waals surface area contributed by atoms with Gasteiger partial charge in [0.25, 0.3) is 26.6 Å². The SMILES string of the molecule is Cc1cc(C)n2nc(S(=O)(=O)Nc3c(C)cccc3[N+](=O)[O-])nc2n1. The molecule has 11 heteroatoms. The Morgan fingerprint density at radius 2 is 1.92 bits per heavy atom. The van der Waals surface area contributed by atoms with Crippen LogP contribution in [0.2, 0.25) is 0 Å². The maximum absolute atomic E-state index is 12.6. The average molecular weight is 362 g/mol. The van der Waals surface area contributed by atoms with E-state index >= 15 is 0 Å². The van der Waals surface area contributed by atoms with Gasteiger partial charge in [-0.1, -0.05) is 12.1 Å². The van der Waals surface area contributed by atoms with E-state index in [0.717, 1.165) is 0 Å². The first kappa shape index (κ1) is 16.8. The topological polar surface area (TPSA) is 132 Å². The third-order valence-electron chi connectivity index (χ3n) is 3.52. The molecule has 1 aromatic carbocycles. The van der Waals surface area contributed by atoms with Crippen LogP contribution in [0.15, 0.2) is 29.4 Å². The summed E-state index contributed by atoms with van der Waals surface area (Å²) in [6.45, 7) is 5.06. The van der Waals surface area contributed by atoms with Crippen molar-refractivity contribution in [3.05, 3.63) is 51.3 Å². The molecule has 0 bridgehead atoms. The van der Waals surface area contributed by atoms with Crippen molar-refractivity contribution in [2.24, 2.45) is 0 Å². The molecule has 0 atom stereocenters. The van der Waals surface area contributed by atoms with Crippen molar-refractivity contribution in [2.45, 2.75) is 25.9 Å². The molecule has 0 unspecified atom stereocenters. The van der Waals surface area contributed by atoms with Gasteiger partial charge in [-0.15, -0.1) is 5.10 Å². The van der Waals surface area contributed by atoms with Gasteiger partial charge in [-0.05, 0) is 32.4 Å².